The Balaban J connectivity index is 1.60. The highest BCUT2D eigenvalue weighted by atomic mass is 14.9. The van der Waals surface area contributed by atoms with Crippen LogP contribution >= 0.6 is 0 Å². The van der Waals surface area contributed by atoms with Crippen LogP contribution in [0.2, 0.25) is 0 Å². The molecule has 64 valence electrons. The van der Waals surface area contributed by atoms with E-state index in [0.29, 0.717) is 0 Å². The molecule has 0 aromatic rings. The van der Waals surface area contributed by atoms with Gasteiger partial charge in [-0.2, -0.15) is 0 Å². The van der Waals surface area contributed by atoms with Crippen molar-refractivity contribution >= 4 is 0 Å². The summed E-state index contributed by atoms with van der Waals surface area (Å²) in [5.74, 6) is 2.98. The van der Waals surface area contributed by atoms with Crippen LogP contribution in [-0.4, -0.2) is 12.6 Å². The van der Waals surface area contributed by atoms with Gasteiger partial charge in [-0.1, -0.05) is 13.8 Å². The third-order valence-electron chi connectivity index (χ3n) is 3.54. The average molecular weight is 153 g/mol. The Morgan fingerprint density at radius 3 is 2.27 bits per heavy atom. The highest BCUT2D eigenvalue weighted by molar-refractivity contribution is 4.89. The monoisotopic (exact) mass is 153 g/mol. The van der Waals surface area contributed by atoms with Gasteiger partial charge >= 0.3 is 0 Å². The van der Waals surface area contributed by atoms with Crippen LogP contribution in [-0.2, 0) is 0 Å². The average Bonchev–Trinajstić information content (AvgIpc) is 2.64. The maximum absolute atomic E-state index is 3.66. The molecule has 11 heavy (non-hydrogen) atoms. The molecule has 0 aromatic heterocycles. The van der Waals surface area contributed by atoms with Crippen LogP contribution in [0.25, 0.3) is 0 Å². The second-order valence-electron chi connectivity index (χ2n) is 4.54. The first kappa shape index (κ1) is 7.60. The van der Waals surface area contributed by atoms with Gasteiger partial charge in [-0.25, -0.2) is 0 Å². The van der Waals surface area contributed by atoms with Gasteiger partial charge in [0.1, 0.15) is 0 Å². The summed E-state index contributed by atoms with van der Waals surface area (Å²) in [6.07, 6.45) is 4.33. The molecule has 0 saturated heterocycles. The number of rotatable bonds is 3. The molecule has 1 heteroatoms. The molecular weight excluding hydrogens is 134 g/mol. The van der Waals surface area contributed by atoms with Gasteiger partial charge in [0.15, 0.2) is 0 Å². The highest BCUT2D eigenvalue weighted by Crippen LogP contribution is 2.37. The lowest BCUT2D eigenvalue weighted by molar-refractivity contribution is 0.227. The van der Waals surface area contributed by atoms with Crippen LogP contribution in [0.4, 0.5) is 0 Å². The zero-order valence-corrected chi connectivity index (χ0v) is 7.64. The minimum Gasteiger partial charge on any atom is -0.313 e. The fraction of sp³-hybridized carbons (Fsp3) is 1.00. The van der Waals surface area contributed by atoms with E-state index in [1.54, 1.807) is 0 Å². The topological polar surface area (TPSA) is 12.0 Å². The van der Waals surface area contributed by atoms with Gasteiger partial charge < -0.3 is 5.32 Å². The fourth-order valence-corrected chi connectivity index (χ4v) is 1.96. The van der Waals surface area contributed by atoms with E-state index in [1.165, 1.54) is 25.8 Å². The Morgan fingerprint density at radius 1 is 1.18 bits per heavy atom. The summed E-state index contributed by atoms with van der Waals surface area (Å²) in [5.41, 5.74) is 0. The normalized spacial score (nSPS) is 48.5. The molecule has 2 rings (SSSR count). The lowest BCUT2D eigenvalue weighted by atomic mass is 9.81. The molecule has 4 atom stereocenters. The minimum atomic E-state index is 0.864. The summed E-state index contributed by atoms with van der Waals surface area (Å²) in [4.78, 5) is 0. The molecule has 0 amide bonds. The first-order chi connectivity index (χ1) is 5.27. The first-order valence-corrected chi connectivity index (χ1v) is 5.00. The predicted octanol–water partition coefficient (Wildman–Crippen LogP) is 2.03. The van der Waals surface area contributed by atoms with E-state index in [9.17, 15) is 0 Å². The second-order valence-corrected chi connectivity index (χ2v) is 4.54. The van der Waals surface area contributed by atoms with Crippen LogP contribution in [0.5, 0.6) is 0 Å². The van der Waals surface area contributed by atoms with Crippen molar-refractivity contribution in [2.75, 3.05) is 6.54 Å². The molecule has 0 spiro atoms. The van der Waals surface area contributed by atoms with Crippen LogP contribution in [0.1, 0.15) is 33.1 Å². The van der Waals surface area contributed by atoms with Gasteiger partial charge in [0.25, 0.3) is 0 Å². The molecule has 2 saturated carbocycles. The summed E-state index contributed by atoms with van der Waals surface area (Å²) in [7, 11) is 0. The van der Waals surface area contributed by atoms with E-state index in [0.717, 1.165) is 23.8 Å². The summed E-state index contributed by atoms with van der Waals surface area (Å²) in [5, 5.41) is 3.66. The zero-order chi connectivity index (χ0) is 7.84. The van der Waals surface area contributed by atoms with Gasteiger partial charge in [-0.15, -0.1) is 0 Å². The Kier molecular flexibility index (Phi) is 1.92. The van der Waals surface area contributed by atoms with Crippen molar-refractivity contribution in [2.24, 2.45) is 17.8 Å². The fourth-order valence-electron chi connectivity index (χ4n) is 1.96. The zero-order valence-electron chi connectivity index (χ0n) is 7.64. The molecule has 1 nitrogen and oxygen atoms in total. The van der Waals surface area contributed by atoms with Crippen molar-refractivity contribution in [1.82, 2.24) is 5.32 Å². The minimum absolute atomic E-state index is 0.864. The SMILES string of the molecule is CC1CC1CNC1CCC1C. The van der Waals surface area contributed by atoms with Crippen LogP contribution < -0.4 is 5.32 Å². The van der Waals surface area contributed by atoms with Crippen molar-refractivity contribution in [3.63, 3.8) is 0 Å². The molecule has 0 heterocycles. The van der Waals surface area contributed by atoms with Crippen molar-refractivity contribution in [3.8, 4) is 0 Å². The number of hydrogen-bond donors (Lipinski definition) is 1. The standard InChI is InChI=1S/C10H19N/c1-7-3-4-10(7)11-6-9-5-8(9)2/h7-11H,3-6H2,1-2H3. The second kappa shape index (κ2) is 2.78. The van der Waals surface area contributed by atoms with E-state index < -0.39 is 0 Å². The molecule has 0 aromatic carbocycles. The molecule has 2 fully saturated rings. The largest absolute Gasteiger partial charge is 0.313 e. The van der Waals surface area contributed by atoms with E-state index >= 15 is 0 Å². The molecule has 2 aliphatic rings. The molecule has 2 aliphatic carbocycles. The maximum atomic E-state index is 3.66. The Morgan fingerprint density at radius 2 is 1.91 bits per heavy atom. The Hall–Kier alpha value is -0.0400. The number of nitrogens with one attached hydrogen (secondary N) is 1. The molecule has 1 N–H and O–H groups in total. The summed E-state index contributed by atoms with van der Waals surface area (Å²) in [6.45, 7) is 6.00. The molecule has 4 unspecified atom stereocenters. The maximum Gasteiger partial charge on any atom is 0.00929 e. The molecule has 0 aliphatic heterocycles. The van der Waals surface area contributed by atoms with Crippen LogP contribution in [0, 0.1) is 17.8 Å². The smallest absolute Gasteiger partial charge is 0.00929 e. The van der Waals surface area contributed by atoms with Gasteiger partial charge in [0.05, 0.1) is 0 Å². The lowest BCUT2D eigenvalue weighted by Gasteiger charge is -2.34. The lowest BCUT2D eigenvalue weighted by Crippen LogP contribution is -2.43. The van der Waals surface area contributed by atoms with E-state index in [2.05, 4.69) is 19.2 Å². The van der Waals surface area contributed by atoms with E-state index in [1.807, 2.05) is 0 Å². The Bertz CT molecular complexity index is 144. The molecular formula is C10H19N. The quantitative estimate of drug-likeness (QED) is 0.654. The summed E-state index contributed by atoms with van der Waals surface area (Å²) in [6, 6.07) is 0.864. The van der Waals surface area contributed by atoms with Gasteiger partial charge in [0.2, 0.25) is 0 Å². The van der Waals surface area contributed by atoms with Gasteiger partial charge in [-0.3, -0.25) is 0 Å². The predicted molar refractivity (Wildman–Crippen MR) is 47.5 cm³/mol. The Labute approximate surface area is 69.6 Å². The van der Waals surface area contributed by atoms with Crippen LogP contribution in [0.15, 0.2) is 0 Å². The summed E-state index contributed by atoms with van der Waals surface area (Å²) < 4.78 is 0. The van der Waals surface area contributed by atoms with Gasteiger partial charge in [-0.05, 0) is 43.6 Å². The summed E-state index contributed by atoms with van der Waals surface area (Å²) >= 11 is 0. The van der Waals surface area contributed by atoms with Gasteiger partial charge in [0, 0.05) is 6.04 Å². The third-order valence-corrected chi connectivity index (χ3v) is 3.54. The number of hydrogen-bond acceptors (Lipinski definition) is 1. The highest BCUT2D eigenvalue weighted by Gasteiger charge is 2.34. The van der Waals surface area contributed by atoms with E-state index in [-0.39, 0.29) is 0 Å². The first-order valence-electron chi connectivity index (χ1n) is 5.00. The van der Waals surface area contributed by atoms with Crippen molar-refractivity contribution < 1.29 is 0 Å². The van der Waals surface area contributed by atoms with Crippen molar-refractivity contribution in [2.45, 2.75) is 39.2 Å². The van der Waals surface area contributed by atoms with Crippen molar-refractivity contribution in [3.05, 3.63) is 0 Å². The van der Waals surface area contributed by atoms with E-state index in [4.69, 9.17) is 0 Å². The molecule has 0 radical (unpaired) electrons. The third kappa shape index (κ3) is 1.58. The molecule has 0 bridgehead atoms. The van der Waals surface area contributed by atoms with Crippen LogP contribution in [0.3, 0.4) is 0 Å². The van der Waals surface area contributed by atoms with Crippen molar-refractivity contribution in [1.29, 1.82) is 0 Å².